The Labute approximate surface area is 748 Å². The van der Waals surface area contributed by atoms with Crippen LogP contribution in [0.3, 0.4) is 0 Å². The van der Waals surface area contributed by atoms with Crippen LogP contribution in [0.4, 0.5) is 0 Å². The van der Waals surface area contributed by atoms with Crippen LogP contribution in [0.5, 0.6) is 0 Å². The lowest BCUT2D eigenvalue weighted by molar-refractivity contribution is -0.403. The molecule has 1 amide bonds. The molecule has 0 aromatic rings. The number of carboxylic acid groups (broad SMARTS) is 4. The number of amides is 1. The summed E-state index contributed by atoms with van der Waals surface area (Å²) in [5, 5.41) is 344. The summed E-state index contributed by atoms with van der Waals surface area (Å²) in [5.41, 5.74) is 10.7. The lowest BCUT2D eigenvalue weighted by Crippen LogP contribution is -2.70. The van der Waals surface area contributed by atoms with Gasteiger partial charge in [0.15, 0.2) is 31.5 Å². The smallest absolute Gasteiger partial charge is 0.364 e. The molecule has 0 saturated carbocycles. The van der Waals surface area contributed by atoms with Crippen LogP contribution in [0, 0.1) is 23.7 Å². The van der Waals surface area contributed by atoms with Crippen LogP contribution in [0.25, 0.3) is 0 Å². The molecule has 9 aliphatic rings. The van der Waals surface area contributed by atoms with Gasteiger partial charge in [0.25, 0.3) is 23.1 Å². The van der Waals surface area contributed by atoms with Gasteiger partial charge in [-0.1, -0.05) is 27.7 Å². The second-order valence-corrected chi connectivity index (χ2v) is 33.6. The normalized spacial score (nSPS) is 45.2. The predicted octanol–water partition coefficient (Wildman–Crippen LogP) is -19.7. The maximum atomic E-state index is 13.6. The molecule has 43 unspecified atom stereocenters. The minimum absolute atomic E-state index is 0.464. The third-order valence-corrected chi connectivity index (χ3v) is 24.9. The van der Waals surface area contributed by atoms with Crippen molar-refractivity contribution in [2.75, 3.05) is 72.9 Å². The summed E-state index contributed by atoms with van der Waals surface area (Å²) in [6, 6.07) is -1.74. The molecule has 58 heteroatoms. The van der Waals surface area contributed by atoms with E-state index in [9.17, 15) is 187 Å². The first-order valence-electron chi connectivity index (χ1n) is 41.9. The topological polar surface area (TPSA) is 963 Å². The van der Waals surface area contributed by atoms with Crippen LogP contribution >= 0.6 is 0 Å². The molecule has 37 N–H and O–H groups in total. The average molecular weight is 1940 g/mol. The molecule has 0 bridgehead atoms. The van der Waals surface area contributed by atoms with Gasteiger partial charge in [-0.25, -0.2) is 19.2 Å². The second-order valence-electron chi connectivity index (χ2n) is 33.6. The Kier molecular flexibility index (Phi) is 41.0. The number of aliphatic hydroxyl groups is 28. The lowest BCUT2D eigenvalue weighted by Gasteiger charge is -2.52. The molecule has 132 heavy (non-hydrogen) atoms. The van der Waals surface area contributed by atoms with Gasteiger partial charge in [0.2, 0.25) is 5.91 Å². The van der Waals surface area contributed by atoms with Crippen LogP contribution < -0.4 is 16.8 Å². The van der Waals surface area contributed by atoms with E-state index in [-0.39, 0.29) is 0 Å². The molecule has 49 atom stereocenters. The Morgan fingerprint density at radius 3 is 0.977 bits per heavy atom. The van der Waals surface area contributed by atoms with E-state index >= 15 is 0 Å². The standard InChI is InChI=1S/C41H70N2O30.C33H57NO25/c1-12-15(50)4-40(38(60)61,71-30(12)23(53)17(52)6-44)70-19(8-46)25(55)31-13(2)16(51)5-41(72-31,39(62)63)73-34-29(59)37(68-32-20(9-47)66-36(64-11-42)28(58)27(32)57)67-21(10-48)33(34)69-35-22(43-14(3)49)26(56)24(54)18(7-45)65-35;1-10-12(39)3-32(30(48)49,57-24(10)18(42)14(41)5-35)56-16(7-37)20(44)25-11(2)13(40)4-33(58-25,31(50)51)59-27-19(43)15(6-36)53-29(23(27)47)55-26-17(8-38)54-28(52-9-34)22(46)21(26)45/h12-13,15-37,44-48,50-59H,4-11,42H2,1-3H3,(H,43,49)(H,60,61)(H,62,63);10-29,35-47H,3-9,34H2,1-2H3,(H,48,49)(H,50,51)/t12?,13?,15?,16?,17-,18?,19?,20?,21?,22?,23-,24?,25-,26?,27?,28?,29?,30?,31?,32?,33?,34?,35?,36?,37?,40?,41?;10?,11?,12?,13?,14-,15?,16?,17?,18-,19?,20-,21?,22?,23?,24?,25?,26?,27?,28?,29?,32?,33?/m11/s1. The number of nitrogens with two attached hydrogens (primary N) is 2. The number of hydrogen-bond acceptors (Lipinski definition) is 53. The summed E-state index contributed by atoms with van der Waals surface area (Å²) in [6.45, 7) is -4.51. The van der Waals surface area contributed by atoms with Crippen molar-refractivity contribution in [3.05, 3.63) is 0 Å². The highest BCUT2D eigenvalue weighted by molar-refractivity contribution is 5.78. The van der Waals surface area contributed by atoms with Crippen LogP contribution in [-0.2, 0) is 109 Å². The zero-order valence-electron chi connectivity index (χ0n) is 71.4. The molecular weight excluding hydrogens is 1810 g/mol. The largest absolute Gasteiger partial charge is 0.477 e. The number of hydrogen-bond donors (Lipinski definition) is 35. The van der Waals surface area contributed by atoms with Crippen molar-refractivity contribution in [3.63, 3.8) is 0 Å². The number of aliphatic carboxylic acids is 4. The van der Waals surface area contributed by atoms with Crippen molar-refractivity contribution in [2.24, 2.45) is 35.1 Å². The monoisotopic (exact) mass is 1940 g/mol. The molecule has 0 aromatic carbocycles. The molecular formula is C74H127N3O55. The first kappa shape index (κ1) is 113. The number of nitrogens with one attached hydrogen (secondary N) is 1. The minimum Gasteiger partial charge on any atom is -0.477 e. The van der Waals surface area contributed by atoms with Gasteiger partial charge in [0.1, 0.15) is 171 Å². The van der Waals surface area contributed by atoms with Crippen LogP contribution in [-0.4, -0.2) is 540 Å². The number of ether oxygens (including phenoxy) is 18. The number of carbonyl (C=O) groups is 5. The molecule has 9 rings (SSSR count). The van der Waals surface area contributed by atoms with Crippen molar-refractivity contribution >= 4 is 29.8 Å². The van der Waals surface area contributed by atoms with E-state index in [4.69, 9.17) is 96.7 Å². The molecule has 0 radical (unpaired) electrons. The second kappa shape index (κ2) is 48.1. The summed E-state index contributed by atoms with van der Waals surface area (Å²) in [4.78, 5) is 64.5. The summed E-state index contributed by atoms with van der Waals surface area (Å²) in [5.74, 6) is -26.3. The molecule has 0 aliphatic carbocycles. The predicted molar refractivity (Wildman–Crippen MR) is 409 cm³/mol. The van der Waals surface area contributed by atoms with E-state index in [0.717, 1.165) is 6.92 Å². The van der Waals surface area contributed by atoms with Crippen LogP contribution in [0.2, 0.25) is 0 Å². The summed E-state index contributed by atoms with van der Waals surface area (Å²) in [6.07, 6.45) is -81.7. The molecule has 58 nitrogen and oxygen atoms in total. The van der Waals surface area contributed by atoms with E-state index in [1.807, 2.05) is 0 Å². The lowest BCUT2D eigenvalue weighted by atomic mass is 9.83. The first-order chi connectivity index (χ1) is 62.0. The Morgan fingerprint density at radius 1 is 0.348 bits per heavy atom. The van der Waals surface area contributed by atoms with E-state index < -0.39 is 426 Å². The van der Waals surface area contributed by atoms with E-state index in [1.54, 1.807) is 0 Å². The van der Waals surface area contributed by atoms with E-state index in [0.29, 0.717) is 0 Å². The maximum absolute atomic E-state index is 13.6. The molecule has 0 aromatic heterocycles. The van der Waals surface area contributed by atoms with E-state index in [1.165, 1.54) is 27.7 Å². The number of rotatable bonds is 40. The summed E-state index contributed by atoms with van der Waals surface area (Å²) in [7, 11) is 0. The van der Waals surface area contributed by atoms with E-state index in [2.05, 4.69) is 5.32 Å². The van der Waals surface area contributed by atoms with Gasteiger partial charge in [0.05, 0.1) is 122 Å². The number of carboxylic acids is 4. The van der Waals surface area contributed by atoms with Crippen molar-refractivity contribution < 1.29 is 273 Å². The van der Waals surface area contributed by atoms with Crippen molar-refractivity contribution in [1.82, 2.24) is 5.32 Å². The number of aliphatic hydroxyl groups excluding tert-OH is 28. The molecule has 9 saturated heterocycles. The van der Waals surface area contributed by atoms with Gasteiger partial charge in [0, 0.05) is 56.3 Å². The highest BCUT2D eigenvalue weighted by atomic mass is 16.8. The molecule has 768 valence electrons. The fraction of sp³-hybridized carbons (Fsp3) is 0.932. The number of carbonyl (C=O) groups excluding carboxylic acids is 1. The zero-order valence-corrected chi connectivity index (χ0v) is 71.4. The van der Waals surface area contributed by atoms with Crippen molar-refractivity contribution in [3.8, 4) is 0 Å². The van der Waals surface area contributed by atoms with Crippen LogP contribution in [0.15, 0.2) is 0 Å². The molecule has 9 aliphatic heterocycles. The SMILES string of the molecule is CC(=O)NC1C(OC2C(CO)OC(OC3C(CO)OC(OCN)C(O)C3O)C(O)C2OC2(C(=O)O)CC(O)C(C)C([C@H](O)C(CO)OC3(C(=O)O)CC(O)C(C)C([C@H](O)[C@H](O)CO)O3)O2)OC(CO)C(O)C1O.CC1C(O)CC(OC2C(O)C(CO)OC(OC3C(CO)OC(OCN)C(O)C3O)C2O)(C(=O)O)OC1[C@H](O)C(CO)OC1(C(=O)O)CC(O)C(C)C([C@H](O)[C@H](O)CO)O1. The Balaban J connectivity index is 0.000000333. The first-order valence-corrected chi connectivity index (χ1v) is 41.9. The zero-order chi connectivity index (χ0) is 98.9. The van der Waals surface area contributed by atoms with Gasteiger partial charge in [-0.05, 0) is 0 Å². The van der Waals surface area contributed by atoms with Crippen molar-refractivity contribution in [1.29, 1.82) is 0 Å². The Hall–Kier alpha value is -4.57. The van der Waals surface area contributed by atoms with Crippen LogP contribution in [0.1, 0.15) is 60.3 Å². The Morgan fingerprint density at radius 2 is 0.644 bits per heavy atom. The van der Waals surface area contributed by atoms with Gasteiger partial charge < -0.3 is 265 Å². The maximum Gasteiger partial charge on any atom is 0.364 e. The molecule has 9 heterocycles. The third kappa shape index (κ3) is 24.2. The van der Waals surface area contributed by atoms with Gasteiger partial charge in [-0.2, -0.15) is 0 Å². The third-order valence-electron chi connectivity index (χ3n) is 24.9. The minimum atomic E-state index is -3.32. The Bertz CT molecular complexity index is 3600. The highest BCUT2D eigenvalue weighted by Gasteiger charge is 2.66. The fourth-order valence-corrected chi connectivity index (χ4v) is 17.0. The highest BCUT2D eigenvalue weighted by Crippen LogP contribution is 2.47. The quantitative estimate of drug-likeness (QED) is 0.0253. The van der Waals surface area contributed by atoms with Gasteiger partial charge >= 0.3 is 23.9 Å². The van der Waals surface area contributed by atoms with Crippen molar-refractivity contribution in [2.45, 2.75) is 335 Å². The summed E-state index contributed by atoms with van der Waals surface area (Å²) < 4.78 is 101. The summed E-state index contributed by atoms with van der Waals surface area (Å²) >= 11 is 0. The molecule has 9 fully saturated rings. The fourth-order valence-electron chi connectivity index (χ4n) is 17.0. The average Bonchev–Trinajstić information content (AvgIpc) is 0.749. The van der Waals surface area contributed by atoms with Gasteiger partial charge in [-0.3, -0.25) is 4.79 Å². The molecule has 0 spiro atoms. The van der Waals surface area contributed by atoms with Gasteiger partial charge in [-0.15, -0.1) is 0 Å².